The Morgan fingerprint density at radius 1 is 1.25 bits per heavy atom. The van der Waals surface area contributed by atoms with Crippen molar-refractivity contribution in [3.8, 4) is 11.3 Å². The Morgan fingerprint density at radius 3 is 2.58 bits per heavy atom. The zero-order valence-corrected chi connectivity index (χ0v) is 15.1. The van der Waals surface area contributed by atoms with E-state index in [4.69, 9.17) is 0 Å². The van der Waals surface area contributed by atoms with Crippen LogP contribution in [0.5, 0.6) is 0 Å². The number of nitrogens with zero attached hydrogens (tertiary/aromatic N) is 3. The Bertz CT molecular complexity index is 871. The summed E-state index contributed by atoms with van der Waals surface area (Å²) in [5.41, 5.74) is 6.05. The van der Waals surface area contributed by atoms with Gasteiger partial charge < -0.3 is 0 Å². The van der Waals surface area contributed by atoms with Gasteiger partial charge in [-0.1, -0.05) is 17.7 Å². The number of benzene rings is 1. The molecule has 1 amide bonds. The molecule has 0 spiro atoms. The number of rotatable bonds is 4. The molecule has 1 aromatic carbocycles. The molecule has 0 atom stereocenters. The van der Waals surface area contributed by atoms with Crippen molar-refractivity contribution in [1.29, 1.82) is 0 Å². The average molecular weight is 340 g/mol. The molecule has 1 N–H and O–H groups in total. The number of hydrogen-bond acceptors (Lipinski definition) is 4. The Balaban J connectivity index is 1.82. The molecule has 124 valence electrons. The molecule has 0 bridgehead atoms. The second-order valence-corrected chi connectivity index (χ2v) is 6.68. The van der Waals surface area contributed by atoms with E-state index in [0.717, 1.165) is 17.8 Å². The number of thiazole rings is 1. The van der Waals surface area contributed by atoms with Crippen molar-refractivity contribution >= 4 is 22.4 Å². The van der Waals surface area contributed by atoms with E-state index < -0.39 is 0 Å². The lowest BCUT2D eigenvalue weighted by molar-refractivity contribution is 0.102. The molecule has 0 fully saturated rings. The van der Waals surface area contributed by atoms with Crippen LogP contribution in [-0.2, 0) is 6.54 Å². The predicted octanol–water partition coefficient (Wildman–Crippen LogP) is 4.20. The minimum Gasteiger partial charge on any atom is -0.296 e. The summed E-state index contributed by atoms with van der Waals surface area (Å²) >= 11 is 1.42. The minimum atomic E-state index is -0.236. The molecule has 0 saturated carbocycles. The molecule has 0 aliphatic heterocycles. The number of carbonyl (C=O) groups is 1. The predicted molar refractivity (Wildman–Crippen MR) is 97.6 cm³/mol. The molecule has 0 unspecified atom stereocenters. The molecule has 2 heterocycles. The van der Waals surface area contributed by atoms with Crippen molar-refractivity contribution in [2.24, 2.45) is 0 Å². The molecular formula is C18H20N4OS. The number of amides is 1. The zero-order chi connectivity index (χ0) is 17.3. The highest BCUT2D eigenvalue weighted by atomic mass is 32.1. The van der Waals surface area contributed by atoms with Gasteiger partial charge in [-0.3, -0.25) is 14.8 Å². The Hall–Kier alpha value is -2.47. The van der Waals surface area contributed by atoms with E-state index >= 15 is 0 Å². The van der Waals surface area contributed by atoms with Crippen molar-refractivity contribution < 1.29 is 4.79 Å². The van der Waals surface area contributed by atoms with Crippen LogP contribution in [-0.4, -0.2) is 20.7 Å². The molecule has 5 nitrogen and oxygen atoms in total. The minimum absolute atomic E-state index is 0.236. The third-order valence-electron chi connectivity index (χ3n) is 3.86. The topological polar surface area (TPSA) is 59.8 Å². The van der Waals surface area contributed by atoms with Gasteiger partial charge in [-0.15, -0.1) is 11.3 Å². The standard InChI is InChI=1S/C18H20N4OS/c1-5-22-7-6-14(21-22)17(23)20-18-19-15(10-24-18)16-12(3)8-11(2)9-13(16)4/h6-10H,5H2,1-4H3,(H,19,20,23). The van der Waals surface area contributed by atoms with Gasteiger partial charge in [0.05, 0.1) is 5.69 Å². The first-order valence-corrected chi connectivity index (χ1v) is 8.74. The monoisotopic (exact) mass is 340 g/mol. The Morgan fingerprint density at radius 2 is 1.96 bits per heavy atom. The summed E-state index contributed by atoms with van der Waals surface area (Å²) < 4.78 is 1.72. The molecule has 0 radical (unpaired) electrons. The van der Waals surface area contributed by atoms with Gasteiger partial charge in [-0.2, -0.15) is 5.10 Å². The van der Waals surface area contributed by atoms with Gasteiger partial charge in [-0.05, 0) is 44.9 Å². The van der Waals surface area contributed by atoms with E-state index in [0.29, 0.717) is 10.8 Å². The van der Waals surface area contributed by atoms with Gasteiger partial charge in [0.15, 0.2) is 10.8 Å². The fourth-order valence-electron chi connectivity index (χ4n) is 2.85. The van der Waals surface area contributed by atoms with Gasteiger partial charge in [0, 0.05) is 23.7 Å². The Labute approximate surface area is 145 Å². The number of hydrogen-bond donors (Lipinski definition) is 1. The summed E-state index contributed by atoms with van der Waals surface area (Å²) in [5, 5.41) is 9.60. The maximum Gasteiger partial charge on any atom is 0.277 e. The summed E-state index contributed by atoms with van der Waals surface area (Å²) in [6.07, 6.45) is 1.79. The first-order valence-electron chi connectivity index (χ1n) is 7.86. The van der Waals surface area contributed by atoms with Crippen LogP contribution in [0.3, 0.4) is 0 Å². The summed E-state index contributed by atoms with van der Waals surface area (Å²) in [5.74, 6) is -0.236. The van der Waals surface area contributed by atoms with Crippen LogP contribution in [0.2, 0.25) is 0 Å². The largest absolute Gasteiger partial charge is 0.296 e. The molecule has 2 aromatic heterocycles. The number of anilines is 1. The van der Waals surface area contributed by atoms with Crippen LogP contribution in [0.1, 0.15) is 34.1 Å². The molecule has 3 rings (SSSR count). The summed E-state index contributed by atoms with van der Waals surface area (Å²) in [7, 11) is 0. The Kier molecular flexibility index (Phi) is 4.49. The van der Waals surface area contributed by atoms with E-state index in [-0.39, 0.29) is 5.91 Å². The lowest BCUT2D eigenvalue weighted by Gasteiger charge is -2.08. The van der Waals surface area contributed by atoms with Crippen molar-refractivity contribution in [2.75, 3.05) is 5.32 Å². The SMILES string of the molecule is CCn1ccc(C(=O)Nc2nc(-c3c(C)cc(C)cc3C)cs2)n1. The smallest absolute Gasteiger partial charge is 0.277 e. The summed E-state index contributed by atoms with van der Waals surface area (Å²) in [6.45, 7) is 8.98. The zero-order valence-electron chi connectivity index (χ0n) is 14.3. The fourth-order valence-corrected chi connectivity index (χ4v) is 3.55. The van der Waals surface area contributed by atoms with Crippen LogP contribution in [0.15, 0.2) is 29.8 Å². The van der Waals surface area contributed by atoms with Gasteiger partial charge >= 0.3 is 0 Å². The molecule has 24 heavy (non-hydrogen) atoms. The van der Waals surface area contributed by atoms with Gasteiger partial charge in [-0.25, -0.2) is 4.98 Å². The molecule has 0 saturated heterocycles. The number of aromatic nitrogens is 3. The molecule has 6 heteroatoms. The van der Waals surface area contributed by atoms with Crippen molar-refractivity contribution in [1.82, 2.24) is 14.8 Å². The lowest BCUT2D eigenvalue weighted by Crippen LogP contribution is -2.13. The third-order valence-corrected chi connectivity index (χ3v) is 4.61. The van der Waals surface area contributed by atoms with Crippen LogP contribution >= 0.6 is 11.3 Å². The lowest BCUT2D eigenvalue weighted by atomic mass is 9.98. The highest BCUT2D eigenvalue weighted by Crippen LogP contribution is 2.31. The van der Waals surface area contributed by atoms with Crippen molar-refractivity contribution in [2.45, 2.75) is 34.2 Å². The van der Waals surface area contributed by atoms with Gasteiger partial charge in [0.1, 0.15) is 0 Å². The first-order chi connectivity index (χ1) is 11.5. The quantitative estimate of drug-likeness (QED) is 0.774. The van der Waals surface area contributed by atoms with E-state index in [1.165, 1.54) is 28.0 Å². The fraction of sp³-hybridized carbons (Fsp3) is 0.278. The normalized spacial score (nSPS) is 10.8. The molecule has 0 aliphatic rings. The number of nitrogens with one attached hydrogen (secondary N) is 1. The van der Waals surface area contributed by atoms with E-state index in [1.807, 2.05) is 12.3 Å². The maximum absolute atomic E-state index is 12.2. The number of aryl methyl sites for hydroxylation is 4. The van der Waals surface area contributed by atoms with Crippen LogP contribution in [0.4, 0.5) is 5.13 Å². The second-order valence-electron chi connectivity index (χ2n) is 5.82. The first kappa shape index (κ1) is 16.4. The molecule has 3 aromatic rings. The molecule has 0 aliphatic carbocycles. The van der Waals surface area contributed by atoms with Crippen molar-refractivity contribution in [3.05, 3.63) is 52.2 Å². The van der Waals surface area contributed by atoms with Crippen LogP contribution in [0, 0.1) is 20.8 Å². The summed E-state index contributed by atoms with van der Waals surface area (Å²) in [6, 6.07) is 6.01. The third kappa shape index (κ3) is 3.23. The summed E-state index contributed by atoms with van der Waals surface area (Å²) in [4.78, 5) is 16.8. The second kappa shape index (κ2) is 6.57. The highest BCUT2D eigenvalue weighted by Gasteiger charge is 2.14. The van der Waals surface area contributed by atoms with Gasteiger partial charge in [0.2, 0.25) is 0 Å². The molecular weight excluding hydrogens is 320 g/mol. The van der Waals surface area contributed by atoms with Crippen molar-refractivity contribution in [3.63, 3.8) is 0 Å². The highest BCUT2D eigenvalue weighted by molar-refractivity contribution is 7.14. The van der Waals surface area contributed by atoms with E-state index in [2.05, 4.69) is 48.3 Å². The van der Waals surface area contributed by atoms with Gasteiger partial charge in [0.25, 0.3) is 5.91 Å². The maximum atomic E-state index is 12.2. The van der Waals surface area contributed by atoms with Crippen LogP contribution < -0.4 is 5.32 Å². The van der Waals surface area contributed by atoms with E-state index in [1.54, 1.807) is 16.9 Å². The number of carbonyl (C=O) groups excluding carboxylic acids is 1. The average Bonchev–Trinajstić information content (AvgIpc) is 3.15. The van der Waals surface area contributed by atoms with Crippen LogP contribution in [0.25, 0.3) is 11.3 Å². The van der Waals surface area contributed by atoms with E-state index in [9.17, 15) is 4.79 Å².